The largest absolute Gasteiger partial charge is 0.333 e. The molecule has 1 aliphatic rings. The van der Waals surface area contributed by atoms with E-state index < -0.39 is 0 Å². The van der Waals surface area contributed by atoms with Gasteiger partial charge in [-0.3, -0.25) is 4.79 Å². The van der Waals surface area contributed by atoms with E-state index in [1.54, 1.807) is 0 Å². The highest BCUT2D eigenvalue weighted by molar-refractivity contribution is 7.07. The Labute approximate surface area is 98.4 Å². The highest BCUT2D eigenvalue weighted by Crippen LogP contribution is 2.11. The second-order valence-corrected chi connectivity index (χ2v) is 4.12. The van der Waals surface area contributed by atoms with Gasteiger partial charge in [-0.15, -0.1) is 17.5 Å². The average molecular weight is 249 g/mol. The Morgan fingerprint density at radius 2 is 2.53 bits per heavy atom. The van der Waals surface area contributed by atoms with Gasteiger partial charge in [-0.2, -0.15) is 0 Å². The smallest absolute Gasteiger partial charge is 0.267 e. The monoisotopic (exact) mass is 248 g/mol. The van der Waals surface area contributed by atoms with E-state index in [9.17, 15) is 4.79 Å². The summed E-state index contributed by atoms with van der Waals surface area (Å²) in [6.45, 7) is 4.52. The first-order valence-electron chi connectivity index (χ1n) is 4.58. The van der Waals surface area contributed by atoms with Crippen LogP contribution in [0.5, 0.6) is 0 Å². The number of hydrogen-bond donors (Lipinski definition) is 1. The molecule has 7 heteroatoms. The summed E-state index contributed by atoms with van der Waals surface area (Å²) < 4.78 is 3.69. The summed E-state index contributed by atoms with van der Waals surface area (Å²) in [5.41, 5.74) is 0. The van der Waals surface area contributed by atoms with Crippen LogP contribution in [-0.2, 0) is 0 Å². The van der Waals surface area contributed by atoms with Gasteiger partial charge >= 0.3 is 0 Å². The van der Waals surface area contributed by atoms with Gasteiger partial charge < -0.3 is 10.2 Å². The molecule has 1 fully saturated rings. The number of halogens is 1. The number of carbonyl (C=O) groups excluding carboxylic acids is 1. The first-order valence-corrected chi connectivity index (χ1v) is 5.35. The van der Waals surface area contributed by atoms with Gasteiger partial charge in [0.05, 0.1) is 6.20 Å². The lowest BCUT2D eigenvalue weighted by Crippen LogP contribution is -2.52. The van der Waals surface area contributed by atoms with Crippen molar-refractivity contribution in [2.24, 2.45) is 0 Å². The summed E-state index contributed by atoms with van der Waals surface area (Å²) in [4.78, 5) is 14.4. The van der Waals surface area contributed by atoms with Crippen LogP contribution in [0.4, 0.5) is 0 Å². The van der Waals surface area contributed by atoms with Gasteiger partial charge in [-0.05, 0) is 18.5 Å². The molecule has 1 N–H and O–H groups in total. The molecule has 5 nitrogen and oxygen atoms in total. The highest BCUT2D eigenvalue weighted by Gasteiger charge is 2.24. The fourth-order valence-corrected chi connectivity index (χ4v) is 2.02. The molecule has 1 aromatic heterocycles. The van der Waals surface area contributed by atoms with E-state index in [0.717, 1.165) is 31.2 Å². The highest BCUT2D eigenvalue weighted by atomic mass is 35.5. The molecule has 1 atom stereocenters. The van der Waals surface area contributed by atoms with Gasteiger partial charge in [0.15, 0.2) is 0 Å². The van der Waals surface area contributed by atoms with Crippen molar-refractivity contribution < 1.29 is 4.79 Å². The van der Waals surface area contributed by atoms with Crippen LogP contribution in [0, 0.1) is 0 Å². The van der Waals surface area contributed by atoms with Gasteiger partial charge in [-0.25, -0.2) is 0 Å². The first-order chi connectivity index (χ1) is 6.79. The fraction of sp³-hybridized carbons (Fsp3) is 0.625. The van der Waals surface area contributed by atoms with E-state index in [0.29, 0.717) is 4.88 Å². The van der Waals surface area contributed by atoms with Crippen LogP contribution in [0.1, 0.15) is 16.6 Å². The lowest BCUT2D eigenvalue weighted by atomic mass is 10.2. The van der Waals surface area contributed by atoms with Crippen molar-refractivity contribution in [2.45, 2.75) is 13.0 Å². The van der Waals surface area contributed by atoms with Crippen molar-refractivity contribution in [3.8, 4) is 0 Å². The van der Waals surface area contributed by atoms with E-state index in [4.69, 9.17) is 0 Å². The average Bonchev–Trinajstić information content (AvgIpc) is 2.70. The lowest BCUT2D eigenvalue weighted by Gasteiger charge is -2.33. The Balaban J connectivity index is 0.00000112. The van der Waals surface area contributed by atoms with Crippen LogP contribution in [0.15, 0.2) is 6.20 Å². The van der Waals surface area contributed by atoms with E-state index in [1.165, 1.54) is 6.20 Å². The van der Waals surface area contributed by atoms with Crippen LogP contribution < -0.4 is 5.32 Å². The Morgan fingerprint density at radius 1 is 1.73 bits per heavy atom. The topological polar surface area (TPSA) is 58.1 Å². The number of amides is 1. The predicted molar refractivity (Wildman–Crippen MR) is 60.5 cm³/mol. The van der Waals surface area contributed by atoms with Crippen LogP contribution in [0.3, 0.4) is 0 Å². The van der Waals surface area contributed by atoms with Gasteiger partial charge in [0, 0.05) is 25.7 Å². The van der Waals surface area contributed by atoms with Gasteiger partial charge in [0.2, 0.25) is 0 Å². The molecule has 1 saturated heterocycles. The molecular weight excluding hydrogens is 236 g/mol. The van der Waals surface area contributed by atoms with Gasteiger partial charge in [-0.1, -0.05) is 4.49 Å². The van der Waals surface area contributed by atoms with E-state index in [1.807, 2.05) is 11.8 Å². The number of nitrogens with one attached hydrogen (secondary N) is 1. The first kappa shape index (κ1) is 12.4. The molecule has 1 aliphatic heterocycles. The Bertz CT molecular complexity index is 318. The summed E-state index contributed by atoms with van der Waals surface area (Å²) in [5, 5.41) is 6.91. The summed E-state index contributed by atoms with van der Waals surface area (Å²) >= 11 is 1.15. The van der Waals surface area contributed by atoms with Crippen LogP contribution in [-0.4, -0.2) is 46.1 Å². The molecule has 1 amide bonds. The second kappa shape index (κ2) is 5.39. The third kappa shape index (κ3) is 2.64. The minimum Gasteiger partial charge on any atom is -0.333 e. The Morgan fingerprint density at radius 3 is 3.13 bits per heavy atom. The zero-order chi connectivity index (χ0) is 9.97. The molecule has 0 aliphatic carbocycles. The third-order valence-electron chi connectivity index (χ3n) is 2.33. The van der Waals surface area contributed by atoms with E-state index >= 15 is 0 Å². The number of rotatable bonds is 1. The van der Waals surface area contributed by atoms with Crippen LogP contribution >= 0.6 is 23.9 Å². The second-order valence-electron chi connectivity index (χ2n) is 3.33. The molecule has 2 heterocycles. The van der Waals surface area contributed by atoms with Crippen LogP contribution in [0.2, 0.25) is 0 Å². The normalized spacial score (nSPS) is 20.9. The number of hydrogen-bond acceptors (Lipinski definition) is 5. The lowest BCUT2D eigenvalue weighted by molar-refractivity contribution is 0.0660. The van der Waals surface area contributed by atoms with Crippen molar-refractivity contribution in [1.29, 1.82) is 0 Å². The molecule has 2 rings (SSSR count). The molecule has 0 radical (unpaired) electrons. The third-order valence-corrected chi connectivity index (χ3v) is 2.99. The van der Waals surface area contributed by atoms with Crippen LogP contribution in [0.25, 0.3) is 0 Å². The van der Waals surface area contributed by atoms with Crippen molar-refractivity contribution in [1.82, 2.24) is 19.8 Å². The summed E-state index contributed by atoms with van der Waals surface area (Å²) in [6, 6.07) is 0.248. The van der Waals surface area contributed by atoms with Gasteiger partial charge in [0.1, 0.15) is 4.88 Å². The maximum absolute atomic E-state index is 11.9. The SMILES string of the molecule is CC1CNCCN1C(=O)c1cnns1.Cl. The molecule has 1 aromatic rings. The van der Waals surface area contributed by atoms with Gasteiger partial charge in [0.25, 0.3) is 5.91 Å². The van der Waals surface area contributed by atoms with Crippen molar-refractivity contribution in [2.75, 3.05) is 19.6 Å². The molecular formula is C8H13ClN4OS. The molecule has 0 aromatic carbocycles. The fourth-order valence-electron chi connectivity index (χ4n) is 1.55. The molecule has 0 saturated carbocycles. The Hall–Kier alpha value is -0.720. The molecule has 0 bridgehead atoms. The standard InChI is InChI=1S/C8H12N4OS.ClH/c1-6-4-9-2-3-12(6)8(13)7-5-10-11-14-7;/h5-6,9H,2-4H2,1H3;1H. The number of aromatic nitrogens is 2. The zero-order valence-electron chi connectivity index (χ0n) is 8.34. The van der Waals surface area contributed by atoms with E-state index in [2.05, 4.69) is 14.9 Å². The van der Waals surface area contributed by atoms with Crippen molar-refractivity contribution >= 4 is 29.8 Å². The van der Waals surface area contributed by atoms with Crippen molar-refractivity contribution in [3.63, 3.8) is 0 Å². The summed E-state index contributed by atoms with van der Waals surface area (Å²) in [7, 11) is 0. The molecule has 84 valence electrons. The van der Waals surface area contributed by atoms with Crippen molar-refractivity contribution in [3.05, 3.63) is 11.1 Å². The number of carbonyl (C=O) groups is 1. The predicted octanol–water partition coefficient (Wildman–Crippen LogP) is 0.394. The number of nitrogens with zero attached hydrogens (tertiary/aromatic N) is 3. The minimum atomic E-state index is 0. The zero-order valence-corrected chi connectivity index (χ0v) is 9.98. The summed E-state index contributed by atoms with van der Waals surface area (Å²) in [5.74, 6) is 0.0500. The maximum atomic E-state index is 11.9. The molecule has 0 spiro atoms. The minimum absolute atomic E-state index is 0. The Kier molecular flexibility index (Phi) is 4.44. The quantitative estimate of drug-likeness (QED) is 0.782. The van der Waals surface area contributed by atoms with E-state index in [-0.39, 0.29) is 24.4 Å². The summed E-state index contributed by atoms with van der Waals surface area (Å²) in [6.07, 6.45) is 1.53. The number of piperazine rings is 1. The maximum Gasteiger partial charge on any atom is 0.267 e. The molecule has 1 unspecified atom stereocenters. The molecule has 15 heavy (non-hydrogen) atoms.